The van der Waals surface area contributed by atoms with Crippen LogP contribution in [0.2, 0.25) is 0 Å². The van der Waals surface area contributed by atoms with Gasteiger partial charge in [-0.05, 0) is 29.2 Å². The Labute approximate surface area is 176 Å². The van der Waals surface area contributed by atoms with E-state index in [1.807, 2.05) is 42.5 Å². The van der Waals surface area contributed by atoms with Crippen LogP contribution < -0.4 is 15.6 Å². The van der Waals surface area contributed by atoms with Crippen molar-refractivity contribution in [3.05, 3.63) is 65.7 Å². The average Bonchev–Trinajstić information content (AvgIpc) is 2.75. The van der Waals surface area contributed by atoms with Crippen molar-refractivity contribution < 1.29 is 23.9 Å². The molecule has 0 aliphatic rings. The van der Waals surface area contributed by atoms with Crippen LogP contribution in [0.15, 0.2) is 54.6 Å². The molecule has 7 heteroatoms. The zero-order valence-electron chi connectivity index (χ0n) is 17.4. The first kappa shape index (κ1) is 22.9. The SMILES string of the molecule is CC(C)c1ccc(OCC(=O)NNC(=O)CCC(=O)OCCc2ccccc2)cc1. The molecule has 0 atom stereocenters. The van der Waals surface area contributed by atoms with Gasteiger partial charge >= 0.3 is 5.97 Å². The van der Waals surface area contributed by atoms with Crippen LogP contribution >= 0.6 is 0 Å². The summed E-state index contributed by atoms with van der Waals surface area (Å²) in [5.41, 5.74) is 6.76. The molecule has 0 aliphatic heterocycles. The molecule has 160 valence electrons. The van der Waals surface area contributed by atoms with Crippen LogP contribution in [0, 0.1) is 0 Å². The van der Waals surface area contributed by atoms with Gasteiger partial charge in [0, 0.05) is 12.8 Å². The minimum Gasteiger partial charge on any atom is -0.484 e. The maximum absolute atomic E-state index is 11.8. The number of nitrogens with one attached hydrogen (secondary N) is 2. The van der Waals surface area contributed by atoms with Crippen molar-refractivity contribution in [2.24, 2.45) is 0 Å². The third-order valence-electron chi connectivity index (χ3n) is 4.31. The topological polar surface area (TPSA) is 93.7 Å². The molecule has 0 aliphatic carbocycles. The van der Waals surface area contributed by atoms with Crippen LogP contribution in [0.1, 0.15) is 43.7 Å². The van der Waals surface area contributed by atoms with E-state index in [0.717, 1.165) is 5.56 Å². The monoisotopic (exact) mass is 412 g/mol. The van der Waals surface area contributed by atoms with Gasteiger partial charge in [0.25, 0.3) is 5.91 Å². The van der Waals surface area contributed by atoms with Gasteiger partial charge in [0.2, 0.25) is 5.91 Å². The minimum absolute atomic E-state index is 0.0603. The maximum Gasteiger partial charge on any atom is 0.306 e. The number of esters is 1. The van der Waals surface area contributed by atoms with Gasteiger partial charge in [-0.3, -0.25) is 25.2 Å². The van der Waals surface area contributed by atoms with Gasteiger partial charge < -0.3 is 9.47 Å². The summed E-state index contributed by atoms with van der Waals surface area (Å²) in [6.07, 6.45) is 0.478. The number of ether oxygens (including phenoxy) is 2. The predicted octanol–water partition coefficient (Wildman–Crippen LogP) is 2.90. The lowest BCUT2D eigenvalue weighted by molar-refractivity contribution is -0.145. The van der Waals surface area contributed by atoms with Crippen LogP contribution in [0.5, 0.6) is 5.75 Å². The second kappa shape index (κ2) is 12.3. The Morgan fingerprint density at radius 3 is 2.20 bits per heavy atom. The number of hydrogen-bond donors (Lipinski definition) is 2. The van der Waals surface area contributed by atoms with E-state index < -0.39 is 17.8 Å². The fourth-order valence-corrected chi connectivity index (χ4v) is 2.55. The molecule has 0 bridgehead atoms. The molecule has 2 rings (SSSR count). The summed E-state index contributed by atoms with van der Waals surface area (Å²) < 4.78 is 10.5. The van der Waals surface area contributed by atoms with E-state index in [-0.39, 0.29) is 26.1 Å². The molecular formula is C23H28N2O5. The molecule has 0 saturated carbocycles. The van der Waals surface area contributed by atoms with E-state index in [2.05, 4.69) is 24.7 Å². The molecular weight excluding hydrogens is 384 g/mol. The Bertz CT molecular complexity index is 819. The number of carbonyl (C=O) groups excluding carboxylic acids is 3. The first-order chi connectivity index (χ1) is 14.4. The molecule has 0 spiro atoms. The van der Waals surface area contributed by atoms with E-state index >= 15 is 0 Å². The summed E-state index contributed by atoms with van der Waals surface area (Å²) in [5.74, 6) is -0.454. The lowest BCUT2D eigenvalue weighted by Gasteiger charge is -2.10. The van der Waals surface area contributed by atoms with Crippen LogP contribution in [0.25, 0.3) is 0 Å². The quantitative estimate of drug-likeness (QED) is 0.462. The molecule has 2 amide bonds. The fourth-order valence-electron chi connectivity index (χ4n) is 2.55. The van der Waals surface area contributed by atoms with E-state index in [9.17, 15) is 14.4 Å². The van der Waals surface area contributed by atoms with Gasteiger partial charge in [0.1, 0.15) is 5.75 Å². The zero-order valence-corrected chi connectivity index (χ0v) is 17.4. The number of hydrazine groups is 1. The molecule has 30 heavy (non-hydrogen) atoms. The molecule has 0 unspecified atom stereocenters. The molecule has 2 aromatic rings. The van der Waals surface area contributed by atoms with Crippen LogP contribution in [-0.2, 0) is 25.5 Å². The Kier molecular flexibility index (Phi) is 9.37. The van der Waals surface area contributed by atoms with Crippen LogP contribution in [0.3, 0.4) is 0 Å². The third-order valence-corrected chi connectivity index (χ3v) is 4.31. The van der Waals surface area contributed by atoms with Gasteiger partial charge in [0.15, 0.2) is 6.61 Å². The summed E-state index contributed by atoms with van der Waals surface area (Å²) in [7, 11) is 0. The fraction of sp³-hybridized carbons (Fsp3) is 0.348. The smallest absolute Gasteiger partial charge is 0.306 e. The maximum atomic E-state index is 11.8. The highest BCUT2D eigenvalue weighted by atomic mass is 16.5. The highest BCUT2D eigenvalue weighted by Crippen LogP contribution is 2.18. The molecule has 0 heterocycles. The van der Waals surface area contributed by atoms with Crippen molar-refractivity contribution in [1.82, 2.24) is 10.9 Å². The molecule has 2 aromatic carbocycles. The zero-order chi connectivity index (χ0) is 21.8. The average molecular weight is 412 g/mol. The number of benzene rings is 2. The number of hydrogen-bond acceptors (Lipinski definition) is 5. The summed E-state index contributed by atoms with van der Waals surface area (Å²) in [6, 6.07) is 17.1. The van der Waals surface area contributed by atoms with Crippen molar-refractivity contribution >= 4 is 17.8 Å². The molecule has 7 nitrogen and oxygen atoms in total. The van der Waals surface area contributed by atoms with Crippen LogP contribution in [0.4, 0.5) is 0 Å². The Morgan fingerprint density at radius 1 is 0.867 bits per heavy atom. The largest absolute Gasteiger partial charge is 0.484 e. The van der Waals surface area contributed by atoms with Gasteiger partial charge in [-0.15, -0.1) is 0 Å². The molecule has 0 fully saturated rings. The van der Waals surface area contributed by atoms with E-state index in [0.29, 0.717) is 18.1 Å². The third kappa shape index (κ3) is 8.77. The second-order valence-electron chi connectivity index (χ2n) is 7.06. The van der Waals surface area contributed by atoms with Gasteiger partial charge in [0.05, 0.1) is 13.0 Å². The highest BCUT2D eigenvalue weighted by molar-refractivity contribution is 5.84. The number of rotatable bonds is 10. The normalized spacial score (nSPS) is 10.4. The minimum atomic E-state index is -0.498. The van der Waals surface area contributed by atoms with Gasteiger partial charge in [-0.25, -0.2) is 0 Å². The Morgan fingerprint density at radius 2 is 1.53 bits per heavy atom. The summed E-state index contributed by atoms with van der Waals surface area (Å²) in [6.45, 7) is 4.21. The van der Waals surface area contributed by atoms with Crippen molar-refractivity contribution in [3.63, 3.8) is 0 Å². The van der Waals surface area contributed by atoms with E-state index in [4.69, 9.17) is 9.47 Å². The highest BCUT2D eigenvalue weighted by Gasteiger charge is 2.10. The van der Waals surface area contributed by atoms with Crippen molar-refractivity contribution in [2.75, 3.05) is 13.2 Å². The molecule has 2 N–H and O–H groups in total. The number of carbonyl (C=O) groups is 3. The summed E-state index contributed by atoms with van der Waals surface area (Å²) in [5, 5.41) is 0. The van der Waals surface area contributed by atoms with Crippen molar-refractivity contribution in [3.8, 4) is 5.75 Å². The van der Waals surface area contributed by atoms with Crippen molar-refractivity contribution in [2.45, 2.75) is 39.0 Å². The lowest BCUT2D eigenvalue weighted by Crippen LogP contribution is -2.43. The lowest BCUT2D eigenvalue weighted by atomic mass is 10.0. The van der Waals surface area contributed by atoms with E-state index in [1.165, 1.54) is 5.56 Å². The standard InChI is InChI=1S/C23H28N2O5/c1-17(2)19-8-10-20(11-9-19)30-16-22(27)25-24-21(26)12-13-23(28)29-15-14-18-6-4-3-5-7-18/h3-11,17H,12-16H2,1-2H3,(H,24,26)(H,25,27). The first-order valence-corrected chi connectivity index (χ1v) is 9.94. The molecule has 0 radical (unpaired) electrons. The van der Waals surface area contributed by atoms with E-state index in [1.54, 1.807) is 12.1 Å². The number of amides is 2. The molecule has 0 saturated heterocycles. The predicted molar refractivity (Wildman–Crippen MR) is 113 cm³/mol. The van der Waals surface area contributed by atoms with Crippen LogP contribution in [-0.4, -0.2) is 31.0 Å². The second-order valence-corrected chi connectivity index (χ2v) is 7.06. The van der Waals surface area contributed by atoms with Gasteiger partial charge in [-0.2, -0.15) is 0 Å². The summed E-state index contributed by atoms with van der Waals surface area (Å²) in [4.78, 5) is 35.2. The van der Waals surface area contributed by atoms with Crippen molar-refractivity contribution in [1.29, 1.82) is 0 Å². The van der Waals surface area contributed by atoms with Gasteiger partial charge in [-0.1, -0.05) is 56.3 Å². The molecule has 0 aromatic heterocycles. The first-order valence-electron chi connectivity index (χ1n) is 9.94. The Hall–Kier alpha value is -3.35. The summed E-state index contributed by atoms with van der Waals surface area (Å²) >= 11 is 0. The Balaban J connectivity index is 1.56.